The van der Waals surface area contributed by atoms with Crippen molar-refractivity contribution in [2.75, 3.05) is 6.61 Å². The summed E-state index contributed by atoms with van der Waals surface area (Å²) >= 11 is 0. The summed E-state index contributed by atoms with van der Waals surface area (Å²) in [5.74, 6) is -7.85. The van der Waals surface area contributed by atoms with Crippen molar-refractivity contribution in [1.82, 2.24) is 5.32 Å². The average molecular weight is 936 g/mol. The average Bonchev–Trinajstić information content (AvgIpc) is 3.31. The van der Waals surface area contributed by atoms with Crippen LogP contribution in [0.25, 0.3) is 0 Å². The minimum absolute atomic E-state index is 0.0279. The predicted molar refractivity (Wildman–Crippen MR) is 241 cm³/mol. The Hall–Kier alpha value is -6.49. The molecular formula is C52H57NO15. The Balaban J connectivity index is 1.44. The van der Waals surface area contributed by atoms with Crippen molar-refractivity contribution in [3.05, 3.63) is 130 Å². The molecule has 11 atom stereocenters. The minimum atomic E-state index is -2.45. The van der Waals surface area contributed by atoms with Crippen LogP contribution in [0, 0.1) is 16.7 Å². The van der Waals surface area contributed by atoms with Gasteiger partial charge in [-0.15, -0.1) is 0 Å². The van der Waals surface area contributed by atoms with Crippen molar-refractivity contribution in [3.63, 3.8) is 0 Å². The molecule has 16 nitrogen and oxygen atoms in total. The van der Waals surface area contributed by atoms with E-state index in [4.69, 9.17) is 28.4 Å². The molecule has 0 unspecified atom stereocenters. The molecule has 3 aromatic rings. The van der Waals surface area contributed by atoms with Gasteiger partial charge in [-0.3, -0.25) is 19.2 Å². The van der Waals surface area contributed by atoms with Gasteiger partial charge in [0.15, 0.2) is 17.5 Å². The summed E-state index contributed by atoms with van der Waals surface area (Å²) in [5.41, 5.74) is -7.16. The van der Waals surface area contributed by atoms with Gasteiger partial charge >= 0.3 is 29.8 Å². The number of allylic oxidation sites excluding steroid dienone is 1. The van der Waals surface area contributed by atoms with Crippen molar-refractivity contribution >= 4 is 41.5 Å². The summed E-state index contributed by atoms with van der Waals surface area (Å²) in [4.78, 5) is 99.0. The number of hydrogen-bond donors (Lipinski definition) is 3. The number of aliphatic hydroxyl groups excluding tert-OH is 1. The number of esters is 5. The summed E-state index contributed by atoms with van der Waals surface area (Å²) in [6, 6.07) is 22.6. The van der Waals surface area contributed by atoms with E-state index in [9.17, 15) is 34.2 Å². The van der Waals surface area contributed by atoms with Gasteiger partial charge in [-0.05, 0) is 68.7 Å². The molecule has 0 aromatic heterocycles. The molecule has 1 aliphatic heterocycles. The lowest BCUT2D eigenvalue weighted by atomic mass is 9.44. The molecule has 3 fully saturated rings. The topological polar surface area (TPSA) is 227 Å². The van der Waals surface area contributed by atoms with E-state index in [2.05, 4.69) is 5.32 Å². The number of fused-ring (bicyclic) bond motifs is 5. The number of carbonyl (C=O) groups is 7. The number of ketones is 1. The van der Waals surface area contributed by atoms with Gasteiger partial charge in [0.2, 0.25) is 12.0 Å². The Kier molecular flexibility index (Phi) is 13.7. The summed E-state index contributed by atoms with van der Waals surface area (Å²) in [5, 5.41) is 28.9. The number of aliphatic hydroxyl groups is 2. The van der Waals surface area contributed by atoms with Crippen molar-refractivity contribution < 1.29 is 72.2 Å². The SMILES string of the molecule is CC=C(C)C(=O)N[C@@H](c1ccccc1)[C@@H](OC(=O)c1ccccc1)C(=O)O[C@H]1C[C@@]2(O)[C@@H](OC(=O)c3ccccc3)[C@@H]3[C@]4(OC(C)=O)CO[C@@H]4C[C@H](O)[C@@]3(C)C(=O)[C@H](OC(C)=O)C(=C1C)C2(C)C. The molecule has 3 aromatic carbocycles. The highest BCUT2D eigenvalue weighted by Gasteiger charge is 2.78. The van der Waals surface area contributed by atoms with Gasteiger partial charge in [-0.25, -0.2) is 14.4 Å². The molecule has 7 rings (SSSR count). The van der Waals surface area contributed by atoms with Gasteiger partial charge < -0.3 is 44.0 Å². The summed E-state index contributed by atoms with van der Waals surface area (Å²) < 4.78 is 36.8. The van der Waals surface area contributed by atoms with E-state index < -0.39 is 119 Å². The number of Topliss-reactive ketones (excluding diaryl/α,β-unsaturated/α-hetero) is 1. The first kappa shape index (κ1) is 49.4. The van der Waals surface area contributed by atoms with Crippen LogP contribution in [0.3, 0.4) is 0 Å². The molecular weight excluding hydrogens is 879 g/mol. The highest BCUT2D eigenvalue weighted by atomic mass is 16.6. The van der Waals surface area contributed by atoms with Gasteiger partial charge in [0, 0.05) is 37.7 Å². The van der Waals surface area contributed by atoms with Crippen LogP contribution in [0.1, 0.15) is 101 Å². The maximum absolute atomic E-state index is 15.7. The Bertz CT molecular complexity index is 2540. The predicted octanol–water partition coefficient (Wildman–Crippen LogP) is 5.25. The second-order valence-electron chi connectivity index (χ2n) is 18.7. The van der Waals surface area contributed by atoms with E-state index in [1.165, 1.54) is 38.1 Å². The zero-order valence-electron chi connectivity index (χ0n) is 39.2. The molecule has 1 amide bonds. The normalized spacial score (nSPS) is 30.3. The van der Waals surface area contributed by atoms with E-state index in [0.717, 1.165) is 13.8 Å². The van der Waals surface area contributed by atoms with Crippen LogP contribution in [-0.4, -0.2) is 106 Å². The van der Waals surface area contributed by atoms with Gasteiger partial charge in [-0.1, -0.05) is 86.7 Å². The molecule has 0 radical (unpaired) electrons. The first-order valence-corrected chi connectivity index (χ1v) is 22.5. The quantitative estimate of drug-likeness (QED) is 0.0912. The van der Waals surface area contributed by atoms with Crippen LogP contribution in [0.4, 0.5) is 0 Å². The van der Waals surface area contributed by atoms with Crippen LogP contribution in [0.5, 0.6) is 0 Å². The fourth-order valence-corrected chi connectivity index (χ4v) is 10.6. The third-order valence-corrected chi connectivity index (χ3v) is 14.5. The lowest BCUT2D eigenvalue weighted by Crippen LogP contribution is -2.82. The fraction of sp³-hybridized carbons (Fsp3) is 0.442. The largest absolute Gasteiger partial charge is 0.455 e. The van der Waals surface area contributed by atoms with Gasteiger partial charge in [0.05, 0.1) is 35.2 Å². The molecule has 68 heavy (non-hydrogen) atoms. The third-order valence-electron chi connectivity index (χ3n) is 14.5. The maximum atomic E-state index is 15.7. The Labute approximate surface area is 394 Å². The second kappa shape index (κ2) is 18.9. The molecule has 16 heteroatoms. The van der Waals surface area contributed by atoms with Gasteiger partial charge in [0.25, 0.3) is 0 Å². The molecule has 0 spiro atoms. The molecule has 2 bridgehead atoms. The van der Waals surface area contributed by atoms with Crippen molar-refractivity contribution in [1.29, 1.82) is 0 Å². The van der Waals surface area contributed by atoms with Crippen LogP contribution >= 0.6 is 0 Å². The second-order valence-corrected chi connectivity index (χ2v) is 18.7. The summed E-state index contributed by atoms with van der Waals surface area (Å²) in [6.07, 6.45) is -9.08. The van der Waals surface area contributed by atoms with E-state index in [-0.39, 0.29) is 40.9 Å². The number of nitrogens with one attached hydrogen (secondary N) is 1. The number of carbonyl (C=O) groups excluding carboxylic acids is 7. The number of ether oxygens (including phenoxy) is 6. The van der Waals surface area contributed by atoms with E-state index in [1.54, 1.807) is 101 Å². The molecule has 1 saturated heterocycles. The van der Waals surface area contributed by atoms with Crippen LogP contribution in [-0.2, 0) is 52.4 Å². The van der Waals surface area contributed by atoms with Gasteiger partial charge in [0.1, 0.15) is 30.0 Å². The van der Waals surface area contributed by atoms with Crippen LogP contribution in [0.15, 0.2) is 114 Å². The maximum Gasteiger partial charge on any atom is 0.350 e. The molecule has 3 aliphatic carbocycles. The van der Waals surface area contributed by atoms with Gasteiger partial charge in [-0.2, -0.15) is 0 Å². The number of rotatable bonds is 12. The fourth-order valence-electron chi connectivity index (χ4n) is 10.6. The van der Waals surface area contributed by atoms with Crippen molar-refractivity contribution in [2.24, 2.45) is 16.7 Å². The van der Waals surface area contributed by atoms with Crippen LogP contribution < -0.4 is 5.32 Å². The third kappa shape index (κ3) is 8.53. The Morgan fingerprint density at radius 3 is 1.91 bits per heavy atom. The Morgan fingerprint density at radius 1 is 0.809 bits per heavy atom. The molecule has 1 heterocycles. The number of amides is 1. The minimum Gasteiger partial charge on any atom is -0.455 e. The standard InChI is InChI=1S/C52H57NO15/c1-9-28(2)45(58)53-39(32-19-13-10-14-20-32)41(66-46(59)33-21-15-11-16-22-33)48(61)65-35-26-52(62)44(67-47(60)34-23-17-12-18-24-34)42-50(8,36(56)25-37-51(42,27-63-37)68-31(5)55)43(57)40(64-30(4)54)38(29(35)3)49(52,6)7/h9-24,35-37,39-42,44,56,62H,25-27H2,1-8H3,(H,53,58)/t35-,36-,37+,39-,40+,41+,42-,44-,50+,51-,52+/m0/s1. The van der Waals surface area contributed by atoms with E-state index in [0.29, 0.717) is 5.56 Å². The molecule has 4 aliphatic rings. The molecule has 2 saturated carbocycles. The summed E-state index contributed by atoms with van der Waals surface area (Å²) in [7, 11) is 0. The van der Waals surface area contributed by atoms with Crippen molar-refractivity contribution in [3.8, 4) is 0 Å². The monoisotopic (exact) mass is 935 g/mol. The Morgan fingerprint density at radius 2 is 1.38 bits per heavy atom. The first-order valence-electron chi connectivity index (χ1n) is 22.5. The lowest BCUT2D eigenvalue weighted by molar-refractivity contribution is -0.346. The first-order chi connectivity index (χ1) is 32.1. The summed E-state index contributed by atoms with van der Waals surface area (Å²) in [6.45, 7) is 11.1. The zero-order chi connectivity index (χ0) is 49.5. The van der Waals surface area contributed by atoms with Crippen LogP contribution in [0.2, 0.25) is 0 Å². The van der Waals surface area contributed by atoms with E-state index >= 15 is 9.59 Å². The highest BCUT2D eigenvalue weighted by Crippen LogP contribution is 2.64. The molecule has 3 N–H and O–H groups in total. The van der Waals surface area contributed by atoms with E-state index in [1.807, 2.05) is 0 Å². The number of hydrogen-bond acceptors (Lipinski definition) is 15. The van der Waals surface area contributed by atoms with Crippen molar-refractivity contribution in [2.45, 2.75) is 122 Å². The number of benzene rings is 3. The highest BCUT2D eigenvalue weighted by molar-refractivity contribution is 5.96. The smallest absolute Gasteiger partial charge is 0.350 e. The zero-order valence-corrected chi connectivity index (χ0v) is 39.2. The lowest BCUT2D eigenvalue weighted by Gasteiger charge is -2.67. The molecule has 360 valence electrons.